The number of carbonyl (C=O) groups is 1. The van der Waals surface area contributed by atoms with E-state index in [2.05, 4.69) is 5.32 Å². The number of aryl methyl sites for hydroxylation is 1. The van der Waals surface area contributed by atoms with Crippen LogP contribution in [-0.2, 0) is 14.6 Å². The Hall–Kier alpha value is -2.08. The molecular weight excluding hydrogens is 381 g/mol. The van der Waals surface area contributed by atoms with Crippen LogP contribution in [0.1, 0.15) is 11.1 Å². The molecule has 0 aliphatic carbocycles. The summed E-state index contributed by atoms with van der Waals surface area (Å²) in [4.78, 5) is 12.0. The summed E-state index contributed by atoms with van der Waals surface area (Å²) in [5.74, 6) is -0.659. The lowest BCUT2D eigenvalue weighted by Gasteiger charge is -2.10. The average molecular weight is 396 g/mol. The van der Waals surface area contributed by atoms with E-state index in [1.54, 1.807) is 30.3 Å². The lowest BCUT2D eigenvalue weighted by atomic mass is 10.2. The molecule has 130 valence electrons. The van der Waals surface area contributed by atoms with Crippen molar-refractivity contribution in [3.05, 3.63) is 81.3 Å². The molecule has 25 heavy (non-hydrogen) atoms. The molecule has 0 aliphatic rings. The molecule has 4 nitrogen and oxygen atoms in total. The van der Waals surface area contributed by atoms with Gasteiger partial charge in [0.1, 0.15) is 4.49 Å². The van der Waals surface area contributed by atoms with Gasteiger partial charge < -0.3 is 5.32 Å². The molecule has 0 heterocycles. The van der Waals surface area contributed by atoms with Crippen LogP contribution in [0.5, 0.6) is 0 Å². The van der Waals surface area contributed by atoms with E-state index in [-0.39, 0.29) is 4.90 Å². The Balaban J connectivity index is 2.24. The SMILES string of the molecule is Cc1ccc(S(=O)(=O)C(NC(=O)/C=C/c2ccccc2)=C(Cl)Cl)cc1. The second-order valence-corrected chi connectivity index (χ2v) is 7.98. The largest absolute Gasteiger partial charge is 0.311 e. The lowest BCUT2D eigenvalue weighted by molar-refractivity contribution is -0.115. The summed E-state index contributed by atoms with van der Waals surface area (Å²) in [5.41, 5.74) is 1.69. The van der Waals surface area contributed by atoms with Crippen molar-refractivity contribution in [2.24, 2.45) is 0 Å². The van der Waals surface area contributed by atoms with E-state index >= 15 is 0 Å². The molecule has 7 heteroatoms. The van der Waals surface area contributed by atoms with Gasteiger partial charge in [0.2, 0.25) is 15.7 Å². The molecule has 1 N–H and O–H groups in total. The second kappa shape index (κ2) is 8.34. The minimum absolute atomic E-state index is 0.0146. The highest BCUT2D eigenvalue weighted by Gasteiger charge is 2.25. The molecule has 0 spiro atoms. The average Bonchev–Trinajstić information content (AvgIpc) is 2.58. The summed E-state index contributed by atoms with van der Waals surface area (Å²) in [7, 11) is -4.05. The molecular formula is C18H15Cl2NO3S. The molecule has 0 saturated heterocycles. The predicted molar refractivity (Wildman–Crippen MR) is 101 cm³/mol. The van der Waals surface area contributed by atoms with Crippen molar-refractivity contribution >= 4 is 45.0 Å². The topological polar surface area (TPSA) is 63.2 Å². The van der Waals surface area contributed by atoms with Crippen LogP contribution in [0, 0.1) is 6.92 Å². The molecule has 0 aromatic heterocycles. The number of hydrogen-bond donors (Lipinski definition) is 1. The number of halogens is 2. The van der Waals surface area contributed by atoms with Crippen molar-refractivity contribution in [3.63, 3.8) is 0 Å². The van der Waals surface area contributed by atoms with Crippen LogP contribution in [0.25, 0.3) is 6.08 Å². The van der Waals surface area contributed by atoms with E-state index in [4.69, 9.17) is 23.2 Å². The van der Waals surface area contributed by atoms with Gasteiger partial charge in [-0.05, 0) is 30.7 Å². The van der Waals surface area contributed by atoms with Crippen LogP contribution in [0.15, 0.2) is 75.1 Å². The van der Waals surface area contributed by atoms with Gasteiger partial charge in [0, 0.05) is 6.08 Å². The van der Waals surface area contributed by atoms with E-state index in [1.165, 1.54) is 18.2 Å². The summed E-state index contributed by atoms with van der Waals surface area (Å²) < 4.78 is 24.7. The number of benzene rings is 2. The standard InChI is InChI=1S/C18H15Cl2NO3S/c1-13-7-10-15(11-8-13)25(23,24)18(17(19)20)21-16(22)12-9-14-5-3-2-4-6-14/h2-12H,1H3,(H,21,22)/b12-9+. The van der Waals surface area contributed by atoms with Gasteiger partial charge in [0.05, 0.1) is 4.90 Å². The quantitative estimate of drug-likeness (QED) is 0.771. The van der Waals surface area contributed by atoms with Gasteiger partial charge in [0.25, 0.3) is 0 Å². The first-order valence-electron chi connectivity index (χ1n) is 7.22. The van der Waals surface area contributed by atoms with Crippen LogP contribution in [0.2, 0.25) is 0 Å². The van der Waals surface area contributed by atoms with E-state index < -0.39 is 25.3 Å². The fourth-order valence-electron chi connectivity index (χ4n) is 1.94. The Bertz CT molecular complexity index is 915. The Morgan fingerprint density at radius 2 is 1.60 bits per heavy atom. The zero-order chi connectivity index (χ0) is 18.4. The monoisotopic (exact) mass is 395 g/mol. The maximum absolute atomic E-state index is 12.6. The molecule has 0 aliphatic heterocycles. The highest BCUT2D eigenvalue weighted by Crippen LogP contribution is 2.24. The molecule has 2 aromatic carbocycles. The van der Waals surface area contributed by atoms with Crippen LogP contribution < -0.4 is 5.32 Å². The number of rotatable bonds is 5. The third-order valence-corrected chi connectivity index (χ3v) is 5.57. The van der Waals surface area contributed by atoms with Gasteiger partial charge in [-0.3, -0.25) is 4.79 Å². The van der Waals surface area contributed by atoms with Crippen molar-refractivity contribution in [3.8, 4) is 0 Å². The van der Waals surface area contributed by atoms with E-state index in [0.717, 1.165) is 11.1 Å². The maximum Gasteiger partial charge on any atom is 0.248 e. The number of amides is 1. The smallest absolute Gasteiger partial charge is 0.248 e. The molecule has 2 aromatic rings. The maximum atomic E-state index is 12.6. The van der Waals surface area contributed by atoms with Crippen LogP contribution >= 0.6 is 23.2 Å². The number of carbonyl (C=O) groups excluding carboxylic acids is 1. The zero-order valence-electron chi connectivity index (χ0n) is 13.2. The van der Waals surface area contributed by atoms with E-state index in [1.807, 2.05) is 25.1 Å². The summed E-state index contributed by atoms with van der Waals surface area (Å²) in [6.07, 6.45) is 2.75. The van der Waals surface area contributed by atoms with Gasteiger partial charge in [0.15, 0.2) is 5.03 Å². The molecule has 0 atom stereocenters. The fraction of sp³-hybridized carbons (Fsp3) is 0.0556. The minimum Gasteiger partial charge on any atom is -0.311 e. The van der Waals surface area contributed by atoms with Gasteiger partial charge >= 0.3 is 0 Å². The number of hydrogen-bond acceptors (Lipinski definition) is 3. The summed E-state index contributed by atoms with van der Waals surface area (Å²) in [6.45, 7) is 1.83. The minimum atomic E-state index is -4.05. The van der Waals surface area contributed by atoms with Crippen molar-refractivity contribution in [2.45, 2.75) is 11.8 Å². The van der Waals surface area contributed by atoms with Crippen molar-refractivity contribution in [1.29, 1.82) is 0 Å². The fourth-order valence-corrected chi connectivity index (χ4v) is 3.81. The van der Waals surface area contributed by atoms with Crippen molar-refractivity contribution in [2.75, 3.05) is 0 Å². The first kappa shape index (κ1) is 19.2. The first-order valence-corrected chi connectivity index (χ1v) is 9.46. The normalized spacial score (nSPS) is 11.3. The molecule has 0 saturated carbocycles. The highest BCUT2D eigenvalue weighted by atomic mass is 35.5. The molecule has 0 bridgehead atoms. The third-order valence-electron chi connectivity index (χ3n) is 3.24. The van der Waals surface area contributed by atoms with Gasteiger partial charge in [-0.25, -0.2) is 8.42 Å². The van der Waals surface area contributed by atoms with Crippen LogP contribution in [0.4, 0.5) is 0 Å². The van der Waals surface area contributed by atoms with E-state index in [9.17, 15) is 13.2 Å². The highest BCUT2D eigenvalue weighted by molar-refractivity contribution is 7.95. The number of sulfone groups is 1. The number of nitrogens with one attached hydrogen (secondary N) is 1. The Morgan fingerprint density at radius 1 is 1.00 bits per heavy atom. The lowest BCUT2D eigenvalue weighted by Crippen LogP contribution is -2.26. The zero-order valence-corrected chi connectivity index (χ0v) is 15.6. The van der Waals surface area contributed by atoms with Gasteiger partial charge in [-0.15, -0.1) is 0 Å². The molecule has 0 fully saturated rings. The first-order chi connectivity index (χ1) is 11.8. The van der Waals surface area contributed by atoms with Gasteiger partial charge in [-0.2, -0.15) is 0 Å². The summed E-state index contributed by atoms with van der Waals surface area (Å²) >= 11 is 11.4. The Kier molecular flexibility index (Phi) is 6.42. The molecule has 1 amide bonds. The van der Waals surface area contributed by atoms with Crippen molar-refractivity contribution < 1.29 is 13.2 Å². The molecule has 0 unspecified atom stereocenters. The predicted octanol–water partition coefficient (Wildman–Crippen LogP) is 4.20. The third kappa shape index (κ3) is 5.19. The second-order valence-electron chi connectivity index (χ2n) is 5.14. The van der Waals surface area contributed by atoms with Crippen molar-refractivity contribution in [1.82, 2.24) is 5.32 Å². The van der Waals surface area contributed by atoms with Crippen LogP contribution in [-0.4, -0.2) is 14.3 Å². The van der Waals surface area contributed by atoms with Gasteiger partial charge in [-0.1, -0.05) is 71.2 Å². The Labute approximate surface area is 156 Å². The van der Waals surface area contributed by atoms with Crippen LogP contribution in [0.3, 0.4) is 0 Å². The summed E-state index contributed by atoms with van der Waals surface area (Å²) in [5, 5.41) is 1.69. The van der Waals surface area contributed by atoms with E-state index in [0.29, 0.717) is 0 Å². The Morgan fingerprint density at radius 3 is 2.16 bits per heavy atom. The summed E-state index contributed by atoms with van der Waals surface area (Å²) in [6, 6.07) is 15.2. The molecule has 2 rings (SSSR count). The molecule has 0 radical (unpaired) electrons.